The molecule has 0 radical (unpaired) electrons. The minimum Gasteiger partial charge on any atom is -0.374 e. The molecular weight excluding hydrogens is 298 g/mol. The second-order valence-corrected chi connectivity index (χ2v) is 5.88. The number of fused-ring (bicyclic) bond motifs is 1. The van der Waals surface area contributed by atoms with Gasteiger partial charge >= 0.3 is 0 Å². The van der Waals surface area contributed by atoms with E-state index in [0.29, 0.717) is 36.8 Å². The summed E-state index contributed by atoms with van der Waals surface area (Å²) in [4.78, 5) is 4.27. The van der Waals surface area contributed by atoms with Gasteiger partial charge in [0.2, 0.25) is 0 Å². The Hall–Kier alpha value is -1.20. The Morgan fingerprint density at radius 2 is 2.05 bits per heavy atom. The Morgan fingerprint density at radius 3 is 2.67 bits per heavy atom. The number of hydrogen-bond acceptors (Lipinski definition) is 2. The lowest BCUT2D eigenvalue weighted by atomic mass is 10.1. The smallest absolute Gasteiger partial charge is 0.153 e. The van der Waals surface area contributed by atoms with Crippen LogP contribution in [0.15, 0.2) is 12.1 Å². The van der Waals surface area contributed by atoms with E-state index in [4.69, 9.17) is 16.3 Å². The molecule has 0 saturated carbocycles. The Kier molecular flexibility index (Phi) is 4.84. The Bertz CT molecular complexity index is 640. The molecule has 1 aromatic carbocycles. The van der Waals surface area contributed by atoms with E-state index in [0.717, 1.165) is 6.07 Å². The molecule has 0 saturated heterocycles. The standard InChI is InChI=1S/C15H19ClF2N2O/c1-4-21-15(2,3)9-20-12-8-10(17)7-11(18)14(12)19-13(20)5-6-16/h7-8H,4-6,9H2,1-3H3. The highest BCUT2D eigenvalue weighted by Gasteiger charge is 2.23. The second kappa shape index (κ2) is 6.28. The predicted molar refractivity (Wildman–Crippen MR) is 79.8 cm³/mol. The maximum absolute atomic E-state index is 13.9. The quantitative estimate of drug-likeness (QED) is 0.755. The number of aryl methyl sites for hydroxylation is 1. The molecule has 2 aromatic rings. The van der Waals surface area contributed by atoms with Crippen molar-refractivity contribution in [2.45, 2.75) is 39.3 Å². The highest BCUT2D eigenvalue weighted by atomic mass is 35.5. The molecule has 0 unspecified atom stereocenters. The number of alkyl halides is 1. The van der Waals surface area contributed by atoms with Gasteiger partial charge in [-0.2, -0.15) is 0 Å². The summed E-state index contributed by atoms with van der Waals surface area (Å²) in [7, 11) is 0. The minimum absolute atomic E-state index is 0.170. The third-order valence-electron chi connectivity index (χ3n) is 3.24. The first kappa shape index (κ1) is 16.2. The third-order valence-corrected chi connectivity index (χ3v) is 3.43. The zero-order chi connectivity index (χ0) is 15.6. The number of imidazole rings is 1. The van der Waals surface area contributed by atoms with Gasteiger partial charge in [-0.3, -0.25) is 0 Å². The second-order valence-electron chi connectivity index (χ2n) is 5.50. The summed E-state index contributed by atoms with van der Waals surface area (Å²) < 4.78 is 34.9. The summed E-state index contributed by atoms with van der Waals surface area (Å²) in [5.41, 5.74) is 0.135. The zero-order valence-electron chi connectivity index (χ0n) is 12.4. The van der Waals surface area contributed by atoms with Crippen LogP contribution >= 0.6 is 11.6 Å². The van der Waals surface area contributed by atoms with E-state index in [-0.39, 0.29) is 5.52 Å². The number of nitrogens with zero attached hydrogens (tertiary/aromatic N) is 2. The third kappa shape index (κ3) is 3.52. The SMILES string of the molecule is CCOC(C)(C)Cn1c(CCCl)nc2c(F)cc(F)cc21. The fourth-order valence-corrected chi connectivity index (χ4v) is 2.64. The zero-order valence-corrected chi connectivity index (χ0v) is 13.2. The molecule has 0 aliphatic heterocycles. The van der Waals surface area contributed by atoms with E-state index in [9.17, 15) is 8.78 Å². The molecule has 0 N–H and O–H groups in total. The van der Waals surface area contributed by atoms with Crippen molar-refractivity contribution >= 4 is 22.6 Å². The Balaban J connectivity index is 2.55. The van der Waals surface area contributed by atoms with Gasteiger partial charge in [-0.15, -0.1) is 11.6 Å². The van der Waals surface area contributed by atoms with Crippen LogP contribution in [0.2, 0.25) is 0 Å². The Morgan fingerprint density at radius 1 is 1.33 bits per heavy atom. The molecule has 0 bridgehead atoms. The molecule has 0 aliphatic carbocycles. The first-order valence-corrected chi connectivity index (χ1v) is 7.45. The average molecular weight is 317 g/mol. The fraction of sp³-hybridized carbons (Fsp3) is 0.533. The molecule has 6 heteroatoms. The van der Waals surface area contributed by atoms with E-state index in [1.807, 2.05) is 20.8 Å². The minimum atomic E-state index is -0.659. The van der Waals surface area contributed by atoms with Gasteiger partial charge in [0.1, 0.15) is 17.2 Å². The maximum atomic E-state index is 13.9. The fourth-order valence-electron chi connectivity index (χ4n) is 2.47. The van der Waals surface area contributed by atoms with E-state index in [1.165, 1.54) is 6.07 Å². The van der Waals surface area contributed by atoms with Gasteiger partial charge in [-0.05, 0) is 26.8 Å². The van der Waals surface area contributed by atoms with Crippen LogP contribution in [0.25, 0.3) is 11.0 Å². The van der Waals surface area contributed by atoms with Crippen molar-refractivity contribution in [2.75, 3.05) is 12.5 Å². The first-order chi connectivity index (χ1) is 9.88. The van der Waals surface area contributed by atoms with Gasteiger partial charge in [-0.25, -0.2) is 13.8 Å². The molecule has 1 heterocycles. The van der Waals surface area contributed by atoms with Gasteiger partial charge < -0.3 is 9.30 Å². The molecule has 0 fully saturated rings. The summed E-state index contributed by atoms with van der Waals surface area (Å²) in [5, 5.41) is 0. The van der Waals surface area contributed by atoms with Crippen LogP contribution in [0.5, 0.6) is 0 Å². The number of benzene rings is 1. The summed E-state index contributed by atoms with van der Waals surface area (Å²) in [5.74, 6) is -0.276. The van der Waals surface area contributed by atoms with Crippen molar-refractivity contribution in [2.24, 2.45) is 0 Å². The van der Waals surface area contributed by atoms with Crippen LogP contribution in [-0.4, -0.2) is 27.6 Å². The van der Waals surface area contributed by atoms with Crippen LogP contribution in [-0.2, 0) is 17.7 Å². The summed E-state index contributed by atoms with van der Waals surface area (Å²) >= 11 is 5.79. The van der Waals surface area contributed by atoms with Crippen molar-refractivity contribution in [1.82, 2.24) is 9.55 Å². The molecule has 21 heavy (non-hydrogen) atoms. The van der Waals surface area contributed by atoms with Gasteiger partial charge in [0.25, 0.3) is 0 Å². The van der Waals surface area contributed by atoms with E-state index < -0.39 is 17.2 Å². The van der Waals surface area contributed by atoms with Crippen molar-refractivity contribution in [3.63, 3.8) is 0 Å². The van der Waals surface area contributed by atoms with E-state index in [2.05, 4.69) is 4.98 Å². The van der Waals surface area contributed by atoms with Crippen molar-refractivity contribution < 1.29 is 13.5 Å². The molecule has 0 amide bonds. The van der Waals surface area contributed by atoms with Gasteiger partial charge in [0.05, 0.1) is 17.7 Å². The van der Waals surface area contributed by atoms with Crippen LogP contribution < -0.4 is 0 Å². The summed E-state index contributed by atoms with van der Waals surface area (Å²) in [6.45, 7) is 6.79. The van der Waals surface area contributed by atoms with Gasteiger partial charge in [0, 0.05) is 25.0 Å². The number of hydrogen-bond donors (Lipinski definition) is 0. The number of aromatic nitrogens is 2. The first-order valence-electron chi connectivity index (χ1n) is 6.92. The predicted octanol–water partition coefficient (Wildman–Crippen LogP) is 3.91. The van der Waals surface area contributed by atoms with Crippen molar-refractivity contribution in [3.8, 4) is 0 Å². The monoisotopic (exact) mass is 316 g/mol. The van der Waals surface area contributed by atoms with Crippen molar-refractivity contribution in [1.29, 1.82) is 0 Å². The molecule has 2 rings (SSSR count). The maximum Gasteiger partial charge on any atom is 0.153 e. The lowest BCUT2D eigenvalue weighted by Gasteiger charge is -2.26. The average Bonchev–Trinajstić information content (AvgIpc) is 2.68. The van der Waals surface area contributed by atoms with Gasteiger partial charge in [0.15, 0.2) is 5.82 Å². The number of halogens is 3. The topological polar surface area (TPSA) is 27.1 Å². The molecule has 3 nitrogen and oxygen atoms in total. The summed E-state index contributed by atoms with van der Waals surface area (Å²) in [6.07, 6.45) is 0.486. The van der Waals surface area contributed by atoms with E-state index in [1.54, 1.807) is 4.57 Å². The normalized spacial score (nSPS) is 12.3. The lowest BCUT2D eigenvalue weighted by molar-refractivity contribution is -0.0221. The number of ether oxygens (including phenoxy) is 1. The van der Waals surface area contributed by atoms with Gasteiger partial charge in [-0.1, -0.05) is 0 Å². The summed E-state index contributed by atoms with van der Waals surface area (Å²) in [6, 6.07) is 2.14. The largest absolute Gasteiger partial charge is 0.374 e. The van der Waals surface area contributed by atoms with Crippen LogP contribution in [0.1, 0.15) is 26.6 Å². The molecular formula is C15H19ClF2N2O. The highest BCUT2D eigenvalue weighted by Crippen LogP contribution is 2.24. The van der Waals surface area contributed by atoms with Crippen LogP contribution in [0, 0.1) is 11.6 Å². The lowest BCUT2D eigenvalue weighted by Crippen LogP contribution is -2.31. The molecule has 1 aromatic heterocycles. The molecule has 116 valence electrons. The number of rotatable bonds is 6. The van der Waals surface area contributed by atoms with E-state index >= 15 is 0 Å². The molecule has 0 aliphatic rings. The van der Waals surface area contributed by atoms with Crippen LogP contribution in [0.3, 0.4) is 0 Å². The van der Waals surface area contributed by atoms with Crippen molar-refractivity contribution in [3.05, 3.63) is 29.6 Å². The highest BCUT2D eigenvalue weighted by molar-refractivity contribution is 6.17. The molecule has 0 atom stereocenters. The molecule has 0 spiro atoms. The Labute approximate surface area is 127 Å². The van der Waals surface area contributed by atoms with Crippen LogP contribution in [0.4, 0.5) is 8.78 Å².